The van der Waals surface area contributed by atoms with Crippen molar-refractivity contribution in [1.29, 1.82) is 0 Å². The molecule has 2 aromatic heterocycles. The number of carbonyl (C=O) groups excluding carboxylic acids is 1. The van der Waals surface area contributed by atoms with Gasteiger partial charge in [-0.05, 0) is 24.3 Å². The summed E-state index contributed by atoms with van der Waals surface area (Å²) in [5, 5.41) is 0. The number of nitrogens with one attached hydrogen (secondary N) is 1. The molecule has 0 spiro atoms. The zero-order chi connectivity index (χ0) is 17.4. The summed E-state index contributed by atoms with van der Waals surface area (Å²) in [5.74, 6) is 1.67. The Hall–Kier alpha value is -3.02. The predicted octanol–water partition coefficient (Wildman–Crippen LogP) is 2.62. The van der Waals surface area contributed by atoms with Crippen LogP contribution in [0.3, 0.4) is 0 Å². The number of nitrogens with zero attached hydrogens (tertiary/aromatic N) is 3. The van der Waals surface area contributed by atoms with E-state index >= 15 is 0 Å². The Morgan fingerprint density at radius 2 is 2.16 bits per heavy atom. The van der Waals surface area contributed by atoms with Gasteiger partial charge in [0.15, 0.2) is 0 Å². The van der Waals surface area contributed by atoms with Crippen LogP contribution in [0.15, 0.2) is 42.6 Å². The number of aryl methyl sites for hydroxylation is 1. The number of hydrogen-bond acceptors (Lipinski definition) is 3. The summed E-state index contributed by atoms with van der Waals surface area (Å²) >= 11 is 0. The van der Waals surface area contributed by atoms with Crippen LogP contribution in [0.2, 0.25) is 0 Å². The first-order valence-electron chi connectivity index (χ1n) is 8.28. The second-order valence-corrected chi connectivity index (χ2v) is 6.22. The molecule has 0 fully saturated rings. The van der Waals surface area contributed by atoms with E-state index in [9.17, 15) is 4.79 Å². The van der Waals surface area contributed by atoms with Gasteiger partial charge < -0.3 is 19.2 Å². The van der Waals surface area contributed by atoms with E-state index in [0.717, 1.165) is 34.9 Å². The maximum absolute atomic E-state index is 12.7. The molecule has 0 bridgehead atoms. The summed E-state index contributed by atoms with van der Waals surface area (Å²) in [7, 11) is 3.54. The van der Waals surface area contributed by atoms with Crippen LogP contribution in [0.1, 0.15) is 21.9 Å². The monoisotopic (exact) mass is 336 g/mol. The Morgan fingerprint density at radius 1 is 1.28 bits per heavy atom. The fourth-order valence-corrected chi connectivity index (χ4v) is 3.22. The van der Waals surface area contributed by atoms with Crippen molar-refractivity contribution in [3.05, 3.63) is 59.7 Å². The van der Waals surface area contributed by atoms with Gasteiger partial charge in [-0.2, -0.15) is 0 Å². The number of fused-ring (bicyclic) bond motifs is 1. The van der Waals surface area contributed by atoms with Gasteiger partial charge in [-0.25, -0.2) is 4.98 Å². The lowest BCUT2D eigenvalue weighted by Gasteiger charge is -2.26. The number of rotatable bonds is 3. The molecule has 1 N–H and O–H groups in total. The van der Waals surface area contributed by atoms with Crippen LogP contribution in [-0.4, -0.2) is 39.0 Å². The fourth-order valence-electron chi connectivity index (χ4n) is 3.22. The Kier molecular flexibility index (Phi) is 3.80. The van der Waals surface area contributed by atoms with Crippen LogP contribution in [0.5, 0.6) is 5.75 Å². The summed E-state index contributed by atoms with van der Waals surface area (Å²) in [6.07, 6.45) is 2.64. The Balaban J connectivity index is 1.59. The molecule has 0 saturated heterocycles. The van der Waals surface area contributed by atoms with Crippen LogP contribution in [0.25, 0.3) is 11.4 Å². The molecule has 1 aliphatic heterocycles. The van der Waals surface area contributed by atoms with Crippen molar-refractivity contribution in [3.63, 3.8) is 0 Å². The Bertz CT molecular complexity index is 925. The zero-order valence-electron chi connectivity index (χ0n) is 14.3. The number of aromatic amines is 1. The zero-order valence-corrected chi connectivity index (χ0v) is 14.3. The van der Waals surface area contributed by atoms with E-state index < -0.39 is 0 Å². The number of ether oxygens (including phenoxy) is 1. The molecule has 1 amide bonds. The van der Waals surface area contributed by atoms with Crippen LogP contribution in [0, 0.1) is 0 Å². The number of hydrogen-bond donors (Lipinski definition) is 1. The Labute approximate surface area is 146 Å². The molecule has 3 aromatic rings. The van der Waals surface area contributed by atoms with Crippen LogP contribution in [-0.2, 0) is 20.0 Å². The van der Waals surface area contributed by atoms with Crippen molar-refractivity contribution in [1.82, 2.24) is 19.4 Å². The summed E-state index contributed by atoms with van der Waals surface area (Å²) in [6.45, 7) is 1.23. The van der Waals surface area contributed by atoms with Crippen molar-refractivity contribution in [2.45, 2.75) is 13.0 Å². The maximum Gasteiger partial charge on any atom is 0.270 e. The lowest BCUT2D eigenvalue weighted by Crippen LogP contribution is -2.36. The van der Waals surface area contributed by atoms with Gasteiger partial charge in [0.2, 0.25) is 0 Å². The fraction of sp³-hybridized carbons (Fsp3) is 0.263. The molecule has 3 heterocycles. The van der Waals surface area contributed by atoms with E-state index in [1.54, 1.807) is 7.11 Å². The molecule has 6 heteroatoms. The van der Waals surface area contributed by atoms with Gasteiger partial charge in [-0.1, -0.05) is 12.1 Å². The van der Waals surface area contributed by atoms with Crippen LogP contribution >= 0.6 is 0 Å². The summed E-state index contributed by atoms with van der Waals surface area (Å²) < 4.78 is 7.14. The third-order valence-electron chi connectivity index (χ3n) is 4.63. The van der Waals surface area contributed by atoms with E-state index in [-0.39, 0.29) is 5.91 Å². The Morgan fingerprint density at radius 3 is 2.92 bits per heavy atom. The smallest absolute Gasteiger partial charge is 0.270 e. The minimum atomic E-state index is 0.0516. The molecule has 1 aliphatic rings. The van der Waals surface area contributed by atoms with E-state index in [4.69, 9.17) is 9.72 Å². The van der Waals surface area contributed by atoms with E-state index in [0.29, 0.717) is 18.8 Å². The van der Waals surface area contributed by atoms with Crippen molar-refractivity contribution in [2.24, 2.45) is 7.05 Å². The normalized spacial score (nSPS) is 13.6. The average Bonchev–Trinajstić information content (AvgIpc) is 3.26. The van der Waals surface area contributed by atoms with Crippen LogP contribution in [0.4, 0.5) is 0 Å². The molecule has 25 heavy (non-hydrogen) atoms. The first-order valence-corrected chi connectivity index (χ1v) is 8.28. The number of carbonyl (C=O) groups is 1. The molecular formula is C19H20N4O2. The van der Waals surface area contributed by atoms with Crippen LogP contribution < -0.4 is 4.74 Å². The van der Waals surface area contributed by atoms with Gasteiger partial charge in [0.1, 0.15) is 17.3 Å². The SMILES string of the molecule is COc1cccc(-c2nc3c([nH]2)CN(C(=O)c2cccn2C)CC3)c1. The number of benzene rings is 1. The highest BCUT2D eigenvalue weighted by atomic mass is 16.5. The number of aromatic nitrogens is 3. The van der Waals surface area contributed by atoms with E-state index in [1.165, 1.54) is 0 Å². The summed E-state index contributed by atoms with van der Waals surface area (Å²) in [6, 6.07) is 11.6. The molecule has 0 radical (unpaired) electrons. The van der Waals surface area contributed by atoms with Gasteiger partial charge in [0.25, 0.3) is 5.91 Å². The molecule has 0 saturated carbocycles. The number of imidazole rings is 1. The standard InChI is InChI=1S/C19H20N4O2/c1-22-9-4-7-17(22)19(24)23-10-8-15-16(12-23)21-18(20-15)13-5-3-6-14(11-13)25-2/h3-7,9,11H,8,10,12H2,1-2H3,(H,20,21). The topological polar surface area (TPSA) is 63.1 Å². The van der Waals surface area contributed by atoms with Gasteiger partial charge in [-0.3, -0.25) is 4.79 Å². The lowest BCUT2D eigenvalue weighted by atomic mass is 10.1. The van der Waals surface area contributed by atoms with Gasteiger partial charge in [0, 0.05) is 31.8 Å². The molecule has 128 valence electrons. The minimum absolute atomic E-state index is 0.0516. The van der Waals surface area contributed by atoms with Crippen molar-refractivity contribution < 1.29 is 9.53 Å². The average molecular weight is 336 g/mol. The molecular weight excluding hydrogens is 316 g/mol. The van der Waals surface area contributed by atoms with Gasteiger partial charge >= 0.3 is 0 Å². The van der Waals surface area contributed by atoms with Crippen molar-refractivity contribution in [2.75, 3.05) is 13.7 Å². The van der Waals surface area contributed by atoms with Crippen molar-refractivity contribution >= 4 is 5.91 Å². The maximum atomic E-state index is 12.7. The lowest BCUT2D eigenvalue weighted by molar-refractivity contribution is 0.0722. The molecule has 4 rings (SSSR count). The molecule has 0 atom stereocenters. The molecule has 0 unspecified atom stereocenters. The third-order valence-corrected chi connectivity index (χ3v) is 4.63. The quantitative estimate of drug-likeness (QED) is 0.800. The van der Waals surface area contributed by atoms with Crippen molar-refractivity contribution in [3.8, 4) is 17.1 Å². The number of amides is 1. The second-order valence-electron chi connectivity index (χ2n) is 6.22. The summed E-state index contributed by atoms with van der Waals surface area (Å²) in [5.41, 5.74) is 3.73. The third kappa shape index (κ3) is 2.80. The summed E-state index contributed by atoms with van der Waals surface area (Å²) in [4.78, 5) is 22.7. The number of H-pyrrole nitrogens is 1. The second kappa shape index (κ2) is 6.12. The highest BCUT2D eigenvalue weighted by molar-refractivity contribution is 5.92. The highest BCUT2D eigenvalue weighted by Crippen LogP contribution is 2.26. The number of methoxy groups -OCH3 is 1. The first kappa shape index (κ1) is 15.5. The van der Waals surface area contributed by atoms with E-state index in [2.05, 4.69) is 4.98 Å². The molecule has 6 nitrogen and oxygen atoms in total. The molecule has 0 aliphatic carbocycles. The minimum Gasteiger partial charge on any atom is -0.497 e. The largest absolute Gasteiger partial charge is 0.497 e. The highest BCUT2D eigenvalue weighted by Gasteiger charge is 2.25. The van der Waals surface area contributed by atoms with Gasteiger partial charge in [0.05, 0.1) is 25.0 Å². The molecule has 1 aromatic carbocycles. The van der Waals surface area contributed by atoms with E-state index in [1.807, 2.05) is 59.1 Å². The van der Waals surface area contributed by atoms with Gasteiger partial charge in [-0.15, -0.1) is 0 Å². The predicted molar refractivity (Wildman–Crippen MR) is 94.4 cm³/mol. The first-order chi connectivity index (χ1) is 12.2.